The van der Waals surface area contributed by atoms with Crippen LogP contribution < -0.4 is 0 Å². The van der Waals surface area contributed by atoms with Gasteiger partial charge in [-0.1, -0.05) is 23.2 Å². The van der Waals surface area contributed by atoms with Crippen LogP contribution in [0.25, 0.3) is 0 Å². The van der Waals surface area contributed by atoms with Crippen molar-refractivity contribution in [3.05, 3.63) is 40.3 Å². The fourth-order valence-corrected chi connectivity index (χ4v) is 2.42. The van der Waals surface area contributed by atoms with Gasteiger partial charge in [0.25, 0.3) is 0 Å². The third kappa shape index (κ3) is 3.76. The van der Waals surface area contributed by atoms with Crippen molar-refractivity contribution in [2.24, 2.45) is 4.99 Å². The molecule has 0 saturated heterocycles. The number of nitrogens with zero attached hydrogens (tertiary/aromatic N) is 3. The Labute approximate surface area is 141 Å². The molecule has 1 aromatic rings. The fourth-order valence-electron chi connectivity index (χ4n) is 2.01. The first-order valence-corrected chi connectivity index (χ1v) is 6.83. The summed E-state index contributed by atoms with van der Waals surface area (Å²) < 4.78 is 78.4. The maximum Gasteiger partial charge on any atom is 0.431 e. The third-order valence-electron chi connectivity index (χ3n) is 3.03. The molecule has 0 radical (unpaired) electrons. The van der Waals surface area contributed by atoms with E-state index in [9.17, 15) is 31.4 Å². The number of rotatable bonds is 2. The minimum Gasteiger partial charge on any atom is -0.369 e. The van der Waals surface area contributed by atoms with Crippen molar-refractivity contribution in [2.75, 3.05) is 6.67 Å². The molecule has 12 heteroatoms. The molecule has 0 fully saturated rings. The minimum absolute atomic E-state index is 0.198. The lowest BCUT2D eigenvalue weighted by Crippen LogP contribution is -2.38. The molecule has 1 atom stereocenters. The van der Waals surface area contributed by atoms with Crippen LogP contribution in [-0.2, 0) is 6.18 Å². The lowest BCUT2D eigenvalue weighted by molar-refractivity contribution is -0.143. The highest BCUT2D eigenvalue weighted by Crippen LogP contribution is 2.41. The second-order valence-corrected chi connectivity index (χ2v) is 5.30. The van der Waals surface area contributed by atoms with Crippen molar-refractivity contribution in [1.82, 2.24) is 9.88 Å². The van der Waals surface area contributed by atoms with Gasteiger partial charge in [0.1, 0.15) is 22.7 Å². The second-order valence-electron chi connectivity index (χ2n) is 4.55. The van der Waals surface area contributed by atoms with E-state index >= 15 is 0 Å². The van der Waals surface area contributed by atoms with Gasteiger partial charge in [-0.2, -0.15) is 26.3 Å². The first-order chi connectivity index (χ1) is 10.9. The van der Waals surface area contributed by atoms with Crippen molar-refractivity contribution in [1.29, 1.82) is 0 Å². The van der Waals surface area contributed by atoms with Crippen LogP contribution in [0.1, 0.15) is 17.4 Å². The molecule has 1 aliphatic heterocycles. The summed E-state index contributed by atoms with van der Waals surface area (Å²) in [5.74, 6) is 0. The van der Waals surface area contributed by atoms with E-state index in [2.05, 4.69) is 9.98 Å². The van der Waals surface area contributed by atoms with Gasteiger partial charge in [-0.05, 0) is 6.07 Å². The van der Waals surface area contributed by atoms with Crippen LogP contribution in [0.4, 0.5) is 26.3 Å². The van der Waals surface area contributed by atoms with Crippen LogP contribution in [0.15, 0.2) is 29.0 Å². The molecule has 1 aliphatic rings. The maximum atomic E-state index is 13.1. The summed E-state index contributed by atoms with van der Waals surface area (Å²) in [5.41, 5.74) is -3.87. The van der Waals surface area contributed by atoms with Gasteiger partial charge < -0.3 is 10.0 Å². The molecule has 1 aromatic heterocycles. The number of halogens is 8. The van der Waals surface area contributed by atoms with Crippen LogP contribution in [-0.4, -0.2) is 33.0 Å². The molecule has 0 aliphatic carbocycles. The molecule has 1 unspecified atom stereocenters. The second kappa shape index (κ2) is 6.41. The topological polar surface area (TPSA) is 48.7 Å². The lowest BCUT2D eigenvalue weighted by Gasteiger charge is -2.34. The van der Waals surface area contributed by atoms with E-state index in [1.165, 1.54) is 0 Å². The molecular formula is C12H7Cl2F6N3O. The van der Waals surface area contributed by atoms with Crippen molar-refractivity contribution in [2.45, 2.75) is 18.6 Å². The van der Waals surface area contributed by atoms with E-state index in [1.54, 1.807) is 0 Å². The van der Waals surface area contributed by atoms with Gasteiger partial charge in [0.2, 0.25) is 0 Å². The van der Waals surface area contributed by atoms with E-state index in [0.717, 1.165) is 6.20 Å². The van der Waals surface area contributed by atoms with Crippen LogP contribution in [0.5, 0.6) is 0 Å². The molecule has 0 saturated carbocycles. The molecule has 0 bridgehead atoms. The first-order valence-electron chi connectivity index (χ1n) is 6.08. The molecule has 2 rings (SSSR count). The Morgan fingerprint density at radius 1 is 1.12 bits per heavy atom. The Morgan fingerprint density at radius 3 is 2.29 bits per heavy atom. The average Bonchev–Trinajstić information content (AvgIpc) is 2.44. The van der Waals surface area contributed by atoms with Crippen molar-refractivity contribution in [3.8, 4) is 0 Å². The quantitative estimate of drug-likeness (QED) is 0.607. The van der Waals surface area contributed by atoms with E-state index in [4.69, 9.17) is 23.2 Å². The molecule has 132 valence electrons. The molecule has 0 spiro atoms. The highest BCUT2D eigenvalue weighted by atomic mass is 35.5. The predicted octanol–water partition coefficient (Wildman–Crippen LogP) is 4.10. The van der Waals surface area contributed by atoms with Gasteiger partial charge in [-0.15, -0.1) is 0 Å². The number of hydrogen-bond acceptors (Lipinski definition) is 4. The zero-order valence-corrected chi connectivity index (χ0v) is 12.8. The normalized spacial score (nSPS) is 17.5. The number of aliphatic hydroxyl groups is 1. The molecule has 0 aromatic carbocycles. The number of aliphatic hydroxyl groups excluding tert-OH is 1. The number of aliphatic imine (C=N–C) groups is 1. The summed E-state index contributed by atoms with van der Waals surface area (Å²) in [6.45, 7) is -0.812. The Morgan fingerprint density at radius 2 is 1.75 bits per heavy atom. The average molecular weight is 394 g/mol. The number of alkyl halides is 6. The van der Waals surface area contributed by atoms with E-state index in [1.807, 2.05) is 0 Å². The van der Waals surface area contributed by atoms with E-state index < -0.39 is 52.4 Å². The number of allylic oxidation sites excluding steroid dienone is 2. The number of hydrogen-bond donors (Lipinski definition) is 1. The van der Waals surface area contributed by atoms with Crippen LogP contribution in [0, 0.1) is 0 Å². The van der Waals surface area contributed by atoms with Gasteiger partial charge >= 0.3 is 12.4 Å². The highest BCUT2D eigenvalue weighted by molar-refractivity contribution is 6.68. The SMILES string of the molecule is OC(c1c(C(F)(F)F)ccnc1Cl)N1CN=C(Cl)C=C1C(F)(F)F. The Kier molecular flexibility index (Phi) is 5.03. The largest absolute Gasteiger partial charge is 0.431 e. The van der Waals surface area contributed by atoms with Crippen LogP contribution in [0.3, 0.4) is 0 Å². The van der Waals surface area contributed by atoms with Crippen LogP contribution >= 0.6 is 23.2 Å². The molecule has 24 heavy (non-hydrogen) atoms. The van der Waals surface area contributed by atoms with Crippen LogP contribution in [0.2, 0.25) is 5.15 Å². The summed E-state index contributed by atoms with van der Waals surface area (Å²) in [4.78, 5) is 7.06. The Hall–Kier alpha value is -1.52. The van der Waals surface area contributed by atoms with E-state index in [-0.39, 0.29) is 4.90 Å². The van der Waals surface area contributed by atoms with Gasteiger partial charge in [0.15, 0.2) is 6.23 Å². The van der Waals surface area contributed by atoms with Gasteiger partial charge in [-0.3, -0.25) is 4.99 Å². The van der Waals surface area contributed by atoms with Gasteiger partial charge in [0.05, 0.1) is 11.1 Å². The highest BCUT2D eigenvalue weighted by Gasteiger charge is 2.44. The summed E-state index contributed by atoms with van der Waals surface area (Å²) in [5, 5.41) is 8.86. The van der Waals surface area contributed by atoms with Gasteiger partial charge in [0, 0.05) is 12.3 Å². The first kappa shape index (κ1) is 18.8. The molecule has 1 N–H and O–H groups in total. The number of pyridine rings is 1. The monoisotopic (exact) mass is 393 g/mol. The summed E-state index contributed by atoms with van der Waals surface area (Å²) >= 11 is 11.0. The smallest absolute Gasteiger partial charge is 0.369 e. The van der Waals surface area contributed by atoms with Gasteiger partial charge in [-0.25, -0.2) is 4.98 Å². The maximum absolute atomic E-state index is 13.1. The summed E-state index contributed by atoms with van der Waals surface area (Å²) in [6.07, 6.45) is -11.2. The standard InChI is InChI=1S/C12H7Cl2F6N3O/c13-7-3-6(12(18,19)20)23(4-22-7)10(24)8-5(11(15,16)17)1-2-21-9(8)14/h1-3,10,24H,4H2. The Bertz CT molecular complexity index is 701. The fraction of sp³-hybridized carbons (Fsp3) is 0.333. The summed E-state index contributed by atoms with van der Waals surface area (Å²) in [7, 11) is 0. The molecule has 2 heterocycles. The minimum atomic E-state index is -4.98. The Balaban J connectivity index is 2.54. The van der Waals surface area contributed by atoms with Crippen molar-refractivity contribution < 1.29 is 31.4 Å². The van der Waals surface area contributed by atoms with Crippen molar-refractivity contribution >= 4 is 28.4 Å². The number of aromatic nitrogens is 1. The molecule has 0 amide bonds. The lowest BCUT2D eigenvalue weighted by atomic mass is 10.1. The molecular weight excluding hydrogens is 387 g/mol. The third-order valence-corrected chi connectivity index (χ3v) is 3.56. The zero-order valence-electron chi connectivity index (χ0n) is 11.3. The zero-order chi connectivity index (χ0) is 18.3. The van der Waals surface area contributed by atoms with E-state index in [0.29, 0.717) is 12.1 Å². The molecule has 4 nitrogen and oxygen atoms in total. The predicted molar refractivity (Wildman–Crippen MR) is 73.3 cm³/mol. The summed E-state index contributed by atoms with van der Waals surface area (Å²) in [6, 6.07) is 0.502. The van der Waals surface area contributed by atoms with Crippen molar-refractivity contribution in [3.63, 3.8) is 0 Å².